The molecule has 4 N–H and O–H groups in total. The number of carboxylic acids is 1. The topological polar surface area (TPSA) is 148 Å². The Balaban J connectivity index is 0.00000533. The van der Waals surface area contributed by atoms with Gasteiger partial charge in [-0.1, -0.05) is 32.1 Å². The Morgan fingerprint density at radius 2 is 1.77 bits per heavy atom. The predicted octanol–water partition coefficient (Wildman–Crippen LogP) is 2.89. The van der Waals surface area contributed by atoms with Crippen molar-refractivity contribution in [1.29, 1.82) is 5.26 Å². The first-order chi connectivity index (χ1) is 18.1. The zero-order chi connectivity index (χ0) is 27.8. The third kappa shape index (κ3) is 8.85. The molecule has 2 atom stereocenters. The number of carboxylic acid groups (broad SMARTS) is 1. The zero-order valence-electron chi connectivity index (χ0n) is 21.0. The Hall–Kier alpha value is -3.33. The summed E-state index contributed by atoms with van der Waals surface area (Å²) < 4.78 is 15.1. The van der Waals surface area contributed by atoms with Crippen molar-refractivity contribution in [2.24, 2.45) is 0 Å². The zero-order valence-corrected chi connectivity index (χ0v) is 21.0. The number of aliphatic hydroxyl groups excluding tert-OH is 2. The van der Waals surface area contributed by atoms with E-state index >= 15 is 0 Å². The van der Waals surface area contributed by atoms with Crippen molar-refractivity contribution < 1.29 is 29.3 Å². The Kier molecular flexibility index (Phi) is 12.0. The summed E-state index contributed by atoms with van der Waals surface area (Å²) in [7, 11) is 0. The molecule has 0 fully saturated rings. The van der Waals surface area contributed by atoms with E-state index in [4.69, 9.17) is 10.4 Å². The number of amides is 1. The molecule has 0 aliphatic rings. The van der Waals surface area contributed by atoms with Gasteiger partial charge in [0.1, 0.15) is 5.82 Å². The molecule has 1 heterocycles. The van der Waals surface area contributed by atoms with E-state index in [0.717, 1.165) is 5.56 Å². The van der Waals surface area contributed by atoms with Gasteiger partial charge >= 0.3 is 35.5 Å². The molecule has 3 aromatic rings. The minimum atomic E-state index is -1.23. The molecule has 0 saturated heterocycles. The number of hydrogen-bond donors (Lipinski definition) is 4. The van der Waals surface area contributed by atoms with Crippen LogP contribution in [0.25, 0.3) is 11.8 Å². The van der Waals surface area contributed by atoms with Crippen LogP contribution < -0.4 is 5.32 Å². The maximum absolute atomic E-state index is 13.6. The molecule has 1 amide bonds. The molecule has 1 aromatic heterocycles. The minimum absolute atomic E-state index is 0. The van der Waals surface area contributed by atoms with Crippen LogP contribution in [-0.2, 0) is 11.3 Å². The van der Waals surface area contributed by atoms with Crippen LogP contribution in [-0.4, -0.2) is 78.7 Å². The first-order valence-corrected chi connectivity index (χ1v) is 12.0. The fraction of sp³-hybridized carbons (Fsp3) is 0.286. The van der Waals surface area contributed by atoms with Crippen molar-refractivity contribution in [1.82, 2.24) is 15.1 Å². The molecule has 2 aromatic carbocycles. The van der Waals surface area contributed by atoms with E-state index in [2.05, 4.69) is 10.4 Å². The van der Waals surface area contributed by atoms with Crippen LogP contribution in [0.1, 0.15) is 65.5 Å². The van der Waals surface area contributed by atoms with E-state index < -0.39 is 36.3 Å². The molecule has 9 nitrogen and oxygen atoms in total. The molecule has 0 bridgehead atoms. The van der Waals surface area contributed by atoms with Gasteiger partial charge in [0.25, 0.3) is 5.91 Å². The van der Waals surface area contributed by atoms with E-state index in [1.54, 1.807) is 30.3 Å². The van der Waals surface area contributed by atoms with Crippen molar-refractivity contribution in [3.63, 3.8) is 0 Å². The maximum atomic E-state index is 13.6. The molecular formula is C28H30FN4NaO5. The Bertz CT molecular complexity index is 1350. The van der Waals surface area contributed by atoms with Crippen molar-refractivity contribution in [2.75, 3.05) is 0 Å². The summed E-state index contributed by atoms with van der Waals surface area (Å²) in [6, 6.07) is 14.4. The molecule has 0 saturated carbocycles. The van der Waals surface area contributed by atoms with Crippen LogP contribution in [0, 0.1) is 17.1 Å². The summed E-state index contributed by atoms with van der Waals surface area (Å²) in [4.78, 5) is 24.0. The second kappa shape index (κ2) is 14.7. The Labute approximate surface area is 247 Å². The monoisotopic (exact) mass is 544 g/mol. The van der Waals surface area contributed by atoms with Gasteiger partial charge in [-0.2, -0.15) is 10.4 Å². The number of carbonyl (C=O) groups excluding carboxylic acids is 1. The summed E-state index contributed by atoms with van der Waals surface area (Å²) in [5.74, 6) is -2.23. The number of benzene rings is 2. The number of nitrogens with zero attached hydrogens (tertiary/aromatic N) is 3. The average molecular weight is 545 g/mol. The van der Waals surface area contributed by atoms with Gasteiger partial charge in [-0.15, -0.1) is 0 Å². The summed E-state index contributed by atoms with van der Waals surface area (Å²) in [5, 5.41) is 45.4. The van der Waals surface area contributed by atoms with E-state index in [0.29, 0.717) is 22.5 Å². The second-order valence-electron chi connectivity index (χ2n) is 9.10. The molecule has 11 heteroatoms. The molecule has 200 valence electrons. The number of nitriles is 1. The molecule has 0 aliphatic carbocycles. The predicted molar refractivity (Wildman–Crippen MR) is 145 cm³/mol. The number of carbonyl (C=O) groups is 2. The number of aromatic nitrogens is 2. The van der Waals surface area contributed by atoms with Gasteiger partial charge in [0, 0.05) is 18.5 Å². The van der Waals surface area contributed by atoms with Gasteiger partial charge in [-0.3, -0.25) is 9.59 Å². The fourth-order valence-corrected chi connectivity index (χ4v) is 3.93. The van der Waals surface area contributed by atoms with Gasteiger partial charge in [-0.05, 0) is 54.0 Å². The standard InChI is InChI=1S/C28H29FN4O5.Na.H/c1-17(2)26-24(12-11-22(34)13-23(35)14-25(36)37)33(21-9-7-20(29)8-10-21)32-27(26)28(38)31-16-19-5-3-18(15-30)4-6-19;;/h3-12,17,22-23,34-35H,13-14,16H2,1-2H3,(H,31,38)(H,36,37);;/t22-,23+;;/m0../s1. The number of halogens is 1. The Morgan fingerprint density at radius 3 is 2.33 bits per heavy atom. The van der Waals surface area contributed by atoms with E-state index in [9.17, 15) is 24.2 Å². The number of rotatable bonds is 11. The number of hydrogen-bond acceptors (Lipinski definition) is 6. The molecule has 0 unspecified atom stereocenters. The fourth-order valence-electron chi connectivity index (χ4n) is 3.93. The number of nitrogens with one attached hydrogen (secondary N) is 1. The van der Waals surface area contributed by atoms with Crippen LogP contribution in [0.4, 0.5) is 4.39 Å². The van der Waals surface area contributed by atoms with Crippen LogP contribution in [0.3, 0.4) is 0 Å². The van der Waals surface area contributed by atoms with Gasteiger partial charge in [0.2, 0.25) is 0 Å². The van der Waals surface area contributed by atoms with Gasteiger partial charge in [-0.25, -0.2) is 9.07 Å². The van der Waals surface area contributed by atoms with E-state index in [1.165, 1.54) is 35.0 Å². The second-order valence-corrected chi connectivity index (χ2v) is 9.10. The summed E-state index contributed by atoms with van der Waals surface area (Å²) in [6.07, 6.45) is -0.133. The third-order valence-electron chi connectivity index (χ3n) is 5.76. The summed E-state index contributed by atoms with van der Waals surface area (Å²) >= 11 is 0. The quantitative estimate of drug-likeness (QED) is 0.271. The summed E-state index contributed by atoms with van der Waals surface area (Å²) in [5.41, 5.74) is 3.00. The van der Waals surface area contributed by atoms with Gasteiger partial charge < -0.3 is 20.6 Å². The molecule has 0 spiro atoms. The van der Waals surface area contributed by atoms with Crippen molar-refractivity contribution in [3.8, 4) is 11.8 Å². The van der Waals surface area contributed by atoms with Crippen molar-refractivity contribution in [2.45, 2.75) is 51.4 Å². The van der Waals surface area contributed by atoms with Crippen LogP contribution in [0.15, 0.2) is 54.6 Å². The first kappa shape index (κ1) is 31.9. The van der Waals surface area contributed by atoms with Crippen LogP contribution in [0.2, 0.25) is 0 Å². The average Bonchev–Trinajstić information content (AvgIpc) is 3.26. The molecule has 3 rings (SSSR count). The normalized spacial score (nSPS) is 12.5. The Morgan fingerprint density at radius 1 is 1.13 bits per heavy atom. The van der Waals surface area contributed by atoms with Crippen LogP contribution in [0.5, 0.6) is 0 Å². The SMILES string of the molecule is CC(C)c1c(C(=O)NCc2ccc(C#N)cc2)nn(-c2ccc(F)cc2)c1C=C[C@H](O)C[C@@H](O)CC(=O)O.[NaH]. The van der Waals surface area contributed by atoms with E-state index in [-0.39, 0.29) is 54.1 Å². The van der Waals surface area contributed by atoms with E-state index in [1.807, 2.05) is 19.9 Å². The molecule has 0 radical (unpaired) electrons. The number of aliphatic carboxylic acids is 1. The number of aliphatic hydroxyl groups is 2. The molecule has 0 aliphatic heterocycles. The molecule has 39 heavy (non-hydrogen) atoms. The first-order valence-electron chi connectivity index (χ1n) is 12.0. The van der Waals surface area contributed by atoms with Crippen LogP contribution >= 0.6 is 0 Å². The molecular weight excluding hydrogens is 514 g/mol. The van der Waals surface area contributed by atoms with Gasteiger partial charge in [0.05, 0.1) is 41.6 Å². The van der Waals surface area contributed by atoms with Crippen molar-refractivity contribution in [3.05, 3.63) is 88.5 Å². The van der Waals surface area contributed by atoms with Gasteiger partial charge in [0.15, 0.2) is 5.69 Å². The third-order valence-corrected chi connectivity index (χ3v) is 5.76. The summed E-state index contributed by atoms with van der Waals surface area (Å²) in [6.45, 7) is 3.97. The van der Waals surface area contributed by atoms with Crippen molar-refractivity contribution >= 4 is 47.5 Å².